The molecule has 30 heavy (non-hydrogen) atoms. The Hall–Kier alpha value is -3.90. The third kappa shape index (κ3) is 3.68. The van der Waals surface area contributed by atoms with E-state index in [2.05, 4.69) is 133 Å². The summed E-state index contributed by atoms with van der Waals surface area (Å²) in [6, 6.07) is 47.4. The monoisotopic (exact) mass is 382 g/mol. The molecule has 0 fully saturated rings. The summed E-state index contributed by atoms with van der Waals surface area (Å²) in [5, 5.41) is 0. The summed E-state index contributed by atoms with van der Waals surface area (Å²) in [6.45, 7) is 0. The van der Waals surface area contributed by atoms with Crippen LogP contribution in [-0.4, -0.2) is 0 Å². The molecular formula is C30H22. The zero-order valence-electron chi connectivity index (χ0n) is 16.7. The number of hydrogen-bond donors (Lipinski definition) is 0. The highest BCUT2D eigenvalue weighted by Crippen LogP contribution is 2.37. The maximum atomic E-state index is 2.32. The Kier molecular flexibility index (Phi) is 4.98. The van der Waals surface area contributed by atoms with Crippen molar-refractivity contribution >= 4 is 0 Å². The molecule has 0 nitrogen and oxygen atoms in total. The van der Waals surface area contributed by atoms with Crippen LogP contribution in [0.15, 0.2) is 133 Å². The molecule has 0 aliphatic carbocycles. The van der Waals surface area contributed by atoms with Crippen molar-refractivity contribution in [3.8, 4) is 44.5 Å². The highest BCUT2D eigenvalue weighted by Gasteiger charge is 2.11. The zero-order chi connectivity index (χ0) is 20.2. The van der Waals surface area contributed by atoms with Crippen LogP contribution >= 0.6 is 0 Å². The van der Waals surface area contributed by atoms with Gasteiger partial charge in [0.2, 0.25) is 0 Å². The van der Waals surface area contributed by atoms with E-state index < -0.39 is 0 Å². The molecule has 0 spiro atoms. The molecule has 0 amide bonds. The molecule has 0 unspecified atom stereocenters. The fraction of sp³-hybridized carbons (Fsp3) is 0. The lowest BCUT2D eigenvalue weighted by Gasteiger charge is -2.14. The van der Waals surface area contributed by atoms with Crippen molar-refractivity contribution in [1.29, 1.82) is 0 Å². The molecule has 142 valence electrons. The molecule has 0 heterocycles. The van der Waals surface area contributed by atoms with E-state index in [1.165, 1.54) is 44.5 Å². The Labute approximate surface area is 178 Å². The normalized spacial score (nSPS) is 10.7. The number of rotatable bonds is 4. The van der Waals surface area contributed by atoms with E-state index in [4.69, 9.17) is 0 Å². The van der Waals surface area contributed by atoms with Crippen LogP contribution in [-0.2, 0) is 0 Å². The minimum absolute atomic E-state index is 1.23. The second kappa shape index (κ2) is 8.23. The first-order chi connectivity index (χ1) is 14.9. The van der Waals surface area contributed by atoms with Gasteiger partial charge in [-0.15, -0.1) is 0 Å². The topological polar surface area (TPSA) is 0 Å². The molecule has 0 heteroatoms. The fourth-order valence-electron chi connectivity index (χ4n) is 3.96. The molecule has 0 saturated heterocycles. The molecule has 0 radical (unpaired) electrons. The molecule has 5 rings (SSSR count). The Bertz CT molecular complexity index is 1250. The lowest BCUT2D eigenvalue weighted by molar-refractivity contribution is 1.55. The van der Waals surface area contributed by atoms with Gasteiger partial charge in [0.15, 0.2) is 0 Å². The minimum atomic E-state index is 1.23. The van der Waals surface area contributed by atoms with Crippen molar-refractivity contribution < 1.29 is 0 Å². The summed E-state index contributed by atoms with van der Waals surface area (Å²) in [7, 11) is 0. The van der Waals surface area contributed by atoms with Crippen LogP contribution in [0.3, 0.4) is 0 Å². The van der Waals surface area contributed by atoms with Crippen molar-refractivity contribution in [1.82, 2.24) is 0 Å². The van der Waals surface area contributed by atoms with Gasteiger partial charge in [0.05, 0.1) is 0 Å². The second-order valence-corrected chi connectivity index (χ2v) is 7.44. The summed E-state index contributed by atoms with van der Waals surface area (Å²) in [4.78, 5) is 0. The second-order valence-electron chi connectivity index (χ2n) is 7.44. The van der Waals surface area contributed by atoms with Gasteiger partial charge in [-0.25, -0.2) is 0 Å². The highest BCUT2D eigenvalue weighted by atomic mass is 14.1. The summed E-state index contributed by atoms with van der Waals surface area (Å²) >= 11 is 0. The molecule has 0 aliphatic rings. The van der Waals surface area contributed by atoms with Gasteiger partial charge in [-0.05, 0) is 56.6 Å². The van der Waals surface area contributed by atoms with Crippen LogP contribution in [0, 0.1) is 0 Å². The van der Waals surface area contributed by atoms with Gasteiger partial charge in [-0.3, -0.25) is 0 Å². The van der Waals surface area contributed by atoms with Gasteiger partial charge in [0.25, 0.3) is 0 Å². The average Bonchev–Trinajstić information content (AvgIpc) is 2.85. The standard InChI is InChI=1S/C30H22/c1-4-11-23(12-5-1)26-17-10-18-28(21-26)30-22-27(24-13-6-2-7-14-24)19-20-29(30)25-15-8-3-9-16-25/h1-22H. The van der Waals surface area contributed by atoms with Gasteiger partial charge in [0, 0.05) is 0 Å². The van der Waals surface area contributed by atoms with Crippen LogP contribution in [0.1, 0.15) is 0 Å². The number of benzene rings is 5. The first kappa shape index (κ1) is 18.1. The van der Waals surface area contributed by atoms with E-state index in [-0.39, 0.29) is 0 Å². The predicted octanol–water partition coefficient (Wildman–Crippen LogP) is 8.35. The largest absolute Gasteiger partial charge is 0.0622 e. The molecular weight excluding hydrogens is 360 g/mol. The van der Waals surface area contributed by atoms with Crippen molar-refractivity contribution in [3.63, 3.8) is 0 Å². The van der Waals surface area contributed by atoms with Crippen LogP contribution in [0.2, 0.25) is 0 Å². The quantitative estimate of drug-likeness (QED) is 0.293. The first-order valence-electron chi connectivity index (χ1n) is 10.3. The molecule has 0 aromatic heterocycles. The molecule has 5 aromatic rings. The van der Waals surface area contributed by atoms with Crippen molar-refractivity contribution in [2.75, 3.05) is 0 Å². The first-order valence-corrected chi connectivity index (χ1v) is 10.3. The van der Waals surface area contributed by atoms with Crippen LogP contribution in [0.4, 0.5) is 0 Å². The fourth-order valence-corrected chi connectivity index (χ4v) is 3.96. The Morgan fingerprint density at radius 3 is 1.30 bits per heavy atom. The van der Waals surface area contributed by atoms with Gasteiger partial charge >= 0.3 is 0 Å². The third-order valence-electron chi connectivity index (χ3n) is 5.49. The van der Waals surface area contributed by atoms with Gasteiger partial charge in [-0.1, -0.05) is 121 Å². The Balaban J connectivity index is 1.69. The van der Waals surface area contributed by atoms with Gasteiger partial charge < -0.3 is 0 Å². The van der Waals surface area contributed by atoms with Gasteiger partial charge in [0.1, 0.15) is 0 Å². The zero-order valence-corrected chi connectivity index (χ0v) is 16.7. The maximum Gasteiger partial charge on any atom is -0.00990 e. The molecule has 0 bridgehead atoms. The van der Waals surface area contributed by atoms with E-state index in [0.29, 0.717) is 0 Å². The molecule has 0 N–H and O–H groups in total. The molecule has 0 atom stereocenters. The Morgan fingerprint density at radius 1 is 0.233 bits per heavy atom. The van der Waals surface area contributed by atoms with E-state index in [1.807, 2.05) is 0 Å². The summed E-state index contributed by atoms with van der Waals surface area (Å²) in [5.41, 5.74) is 9.90. The van der Waals surface area contributed by atoms with Crippen molar-refractivity contribution in [2.24, 2.45) is 0 Å². The van der Waals surface area contributed by atoms with E-state index in [0.717, 1.165) is 0 Å². The van der Waals surface area contributed by atoms with Gasteiger partial charge in [-0.2, -0.15) is 0 Å². The van der Waals surface area contributed by atoms with Crippen molar-refractivity contribution in [3.05, 3.63) is 133 Å². The predicted molar refractivity (Wildman–Crippen MR) is 128 cm³/mol. The smallest absolute Gasteiger partial charge is 0.00990 e. The third-order valence-corrected chi connectivity index (χ3v) is 5.49. The summed E-state index contributed by atoms with van der Waals surface area (Å²) < 4.78 is 0. The Morgan fingerprint density at radius 2 is 0.700 bits per heavy atom. The molecule has 0 saturated carbocycles. The SMILES string of the molecule is c1ccc(-c2cccc(-c3cc(-c4ccccc4)ccc3-c3ccccc3)c2)cc1. The summed E-state index contributed by atoms with van der Waals surface area (Å²) in [6.07, 6.45) is 0. The maximum absolute atomic E-state index is 2.32. The number of hydrogen-bond acceptors (Lipinski definition) is 0. The average molecular weight is 383 g/mol. The van der Waals surface area contributed by atoms with Crippen LogP contribution < -0.4 is 0 Å². The van der Waals surface area contributed by atoms with Crippen LogP contribution in [0.5, 0.6) is 0 Å². The lowest BCUT2D eigenvalue weighted by atomic mass is 9.90. The molecule has 0 aliphatic heterocycles. The lowest BCUT2D eigenvalue weighted by Crippen LogP contribution is -1.88. The van der Waals surface area contributed by atoms with E-state index in [1.54, 1.807) is 0 Å². The molecule has 5 aromatic carbocycles. The van der Waals surface area contributed by atoms with Crippen molar-refractivity contribution in [2.45, 2.75) is 0 Å². The summed E-state index contributed by atoms with van der Waals surface area (Å²) in [5.74, 6) is 0. The minimum Gasteiger partial charge on any atom is -0.0622 e. The van der Waals surface area contributed by atoms with E-state index in [9.17, 15) is 0 Å². The van der Waals surface area contributed by atoms with Crippen LogP contribution in [0.25, 0.3) is 44.5 Å². The highest BCUT2D eigenvalue weighted by molar-refractivity contribution is 5.88. The van der Waals surface area contributed by atoms with E-state index >= 15 is 0 Å².